The Morgan fingerprint density at radius 3 is 2.72 bits per heavy atom. The third-order valence-electron chi connectivity index (χ3n) is 2.90. The average molecular weight is 252 g/mol. The molecule has 1 fully saturated rings. The molecule has 0 aromatic carbocycles. The standard InChI is InChI=1S/C10H12N4O4/c1-13-6(15)3-5(9(13)16)14-4-12-7(8(14)11)10(17)18-2/h4-5H,3,11H2,1-2H3. The molecule has 1 aliphatic rings. The fourth-order valence-electron chi connectivity index (χ4n) is 1.83. The second-order valence-corrected chi connectivity index (χ2v) is 3.89. The van der Waals surface area contributed by atoms with Crippen LogP contribution in [0.5, 0.6) is 0 Å². The summed E-state index contributed by atoms with van der Waals surface area (Å²) in [4.78, 5) is 39.4. The van der Waals surface area contributed by atoms with Gasteiger partial charge in [0.15, 0.2) is 5.69 Å². The quantitative estimate of drug-likeness (QED) is 0.544. The summed E-state index contributed by atoms with van der Waals surface area (Å²) in [5.74, 6) is -1.34. The summed E-state index contributed by atoms with van der Waals surface area (Å²) in [5, 5.41) is 0. The maximum absolute atomic E-state index is 11.8. The van der Waals surface area contributed by atoms with Crippen LogP contribution in [0.25, 0.3) is 0 Å². The molecule has 0 bridgehead atoms. The second-order valence-electron chi connectivity index (χ2n) is 3.89. The van der Waals surface area contributed by atoms with E-state index in [0.29, 0.717) is 0 Å². The molecule has 1 aliphatic heterocycles. The van der Waals surface area contributed by atoms with E-state index in [1.54, 1.807) is 0 Å². The molecule has 1 unspecified atom stereocenters. The van der Waals surface area contributed by atoms with Gasteiger partial charge in [-0.25, -0.2) is 9.78 Å². The Labute approximate surface area is 102 Å². The Balaban J connectivity index is 2.36. The number of imidazole rings is 1. The lowest BCUT2D eigenvalue weighted by atomic mass is 10.2. The maximum atomic E-state index is 11.8. The SMILES string of the molecule is COC(=O)c1ncn(C2CC(=O)N(C)C2=O)c1N. The van der Waals surface area contributed by atoms with Crippen molar-refractivity contribution in [3.05, 3.63) is 12.0 Å². The van der Waals surface area contributed by atoms with Crippen LogP contribution in [0.2, 0.25) is 0 Å². The molecular formula is C10H12N4O4. The molecule has 2 rings (SSSR count). The zero-order valence-corrected chi connectivity index (χ0v) is 9.91. The Morgan fingerprint density at radius 2 is 2.22 bits per heavy atom. The van der Waals surface area contributed by atoms with Crippen LogP contribution in [0.15, 0.2) is 6.33 Å². The van der Waals surface area contributed by atoms with E-state index in [9.17, 15) is 14.4 Å². The van der Waals surface area contributed by atoms with E-state index in [-0.39, 0.29) is 29.7 Å². The van der Waals surface area contributed by atoms with Crippen molar-refractivity contribution >= 4 is 23.6 Å². The average Bonchev–Trinajstić information content (AvgIpc) is 2.84. The van der Waals surface area contributed by atoms with Crippen LogP contribution in [-0.4, -0.2) is 46.4 Å². The van der Waals surface area contributed by atoms with Gasteiger partial charge in [0.25, 0.3) is 5.91 Å². The second kappa shape index (κ2) is 4.13. The van der Waals surface area contributed by atoms with Gasteiger partial charge in [-0.3, -0.25) is 14.5 Å². The highest BCUT2D eigenvalue weighted by molar-refractivity contribution is 6.04. The summed E-state index contributed by atoms with van der Waals surface area (Å²) >= 11 is 0. The number of likely N-dealkylation sites (tertiary alicyclic amines) is 1. The van der Waals surface area contributed by atoms with Gasteiger partial charge >= 0.3 is 5.97 Å². The minimum Gasteiger partial charge on any atom is -0.464 e. The molecule has 0 radical (unpaired) electrons. The number of likely N-dealkylation sites (N-methyl/N-ethyl adjacent to an activating group) is 1. The highest BCUT2D eigenvalue weighted by Gasteiger charge is 2.38. The molecule has 1 atom stereocenters. The first-order chi connectivity index (χ1) is 8.47. The summed E-state index contributed by atoms with van der Waals surface area (Å²) in [5.41, 5.74) is 5.67. The van der Waals surface area contributed by atoms with Crippen molar-refractivity contribution in [1.29, 1.82) is 0 Å². The first kappa shape index (κ1) is 12.1. The lowest BCUT2D eigenvalue weighted by molar-refractivity contribution is -0.137. The predicted octanol–water partition coefficient (Wildman–Crippen LogP) is -0.818. The zero-order valence-electron chi connectivity index (χ0n) is 9.91. The number of nitrogens with zero attached hydrogens (tertiary/aromatic N) is 3. The zero-order chi connectivity index (χ0) is 13.4. The first-order valence-corrected chi connectivity index (χ1v) is 5.18. The van der Waals surface area contributed by atoms with Crippen LogP contribution in [0, 0.1) is 0 Å². The Morgan fingerprint density at radius 1 is 1.56 bits per heavy atom. The smallest absolute Gasteiger partial charge is 0.360 e. The van der Waals surface area contributed by atoms with Gasteiger partial charge in [-0.1, -0.05) is 0 Å². The van der Waals surface area contributed by atoms with Crippen molar-refractivity contribution in [3.63, 3.8) is 0 Å². The van der Waals surface area contributed by atoms with Crippen LogP contribution in [0.3, 0.4) is 0 Å². The number of rotatable bonds is 2. The Kier molecular flexibility index (Phi) is 2.77. The molecule has 2 N–H and O–H groups in total. The van der Waals surface area contributed by atoms with E-state index in [2.05, 4.69) is 9.72 Å². The van der Waals surface area contributed by atoms with Gasteiger partial charge in [-0.15, -0.1) is 0 Å². The molecule has 0 aliphatic carbocycles. The first-order valence-electron chi connectivity index (χ1n) is 5.18. The maximum Gasteiger partial charge on any atom is 0.360 e. The van der Waals surface area contributed by atoms with Crippen molar-refractivity contribution in [2.75, 3.05) is 19.9 Å². The molecule has 1 saturated heterocycles. The van der Waals surface area contributed by atoms with Crippen LogP contribution >= 0.6 is 0 Å². The third-order valence-corrected chi connectivity index (χ3v) is 2.90. The van der Waals surface area contributed by atoms with Gasteiger partial charge in [0.2, 0.25) is 5.91 Å². The summed E-state index contributed by atoms with van der Waals surface area (Å²) in [6, 6.07) is -0.742. The van der Waals surface area contributed by atoms with Gasteiger partial charge in [0, 0.05) is 7.05 Å². The van der Waals surface area contributed by atoms with Gasteiger partial charge in [-0.05, 0) is 0 Å². The number of methoxy groups -OCH3 is 1. The molecular weight excluding hydrogens is 240 g/mol. The number of aromatic nitrogens is 2. The van der Waals surface area contributed by atoms with Crippen molar-refractivity contribution in [3.8, 4) is 0 Å². The monoisotopic (exact) mass is 252 g/mol. The molecule has 18 heavy (non-hydrogen) atoms. The molecule has 8 heteroatoms. The van der Waals surface area contributed by atoms with Gasteiger partial charge in [0.1, 0.15) is 11.9 Å². The number of carbonyl (C=O) groups excluding carboxylic acids is 3. The Hall–Kier alpha value is -2.38. The van der Waals surface area contributed by atoms with E-state index in [1.165, 1.54) is 25.1 Å². The highest BCUT2D eigenvalue weighted by Crippen LogP contribution is 2.27. The molecule has 1 aromatic rings. The normalized spacial score (nSPS) is 19.4. The molecule has 0 spiro atoms. The molecule has 1 aromatic heterocycles. The van der Waals surface area contributed by atoms with Gasteiger partial charge < -0.3 is 15.0 Å². The molecule has 0 saturated carbocycles. The number of ether oxygens (including phenoxy) is 1. The van der Waals surface area contributed by atoms with E-state index in [1.807, 2.05) is 0 Å². The van der Waals surface area contributed by atoms with Crippen LogP contribution in [0.1, 0.15) is 23.0 Å². The number of esters is 1. The Bertz CT molecular complexity index is 536. The largest absolute Gasteiger partial charge is 0.464 e. The number of amides is 2. The van der Waals surface area contributed by atoms with Crippen molar-refractivity contribution in [1.82, 2.24) is 14.5 Å². The number of hydrogen-bond donors (Lipinski definition) is 1. The summed E-state index contributed by atoms with van der Waals surface area (Å²) in [6.07, 6.45) is 1.27. The molecule has 2 heterocycles. The fourth-order valence-corrected chi connectivity index (χ4v) is 1.83. The number of nitrogen functional groups attached to an aromatic ring is 1. The molecule has 2 amide bonds. The number of carbonyl (C=O) groups is 3. The van der Waals surface area contributed by atoms with Crippen molar-refractivity contribution in [2.24, 2.45) is 0 Å². The summed E-state index contributed by atoms with van der Waals surface area (Å²) in [7, 11) is 2.61. The van der Waals surface area contributed by atoms with Gasteiger partial charge in [-0.2, -0.15) is 0 Å². The predicted molar refractivity (Wildman–Crippen MR) is 59.4 cm³/mol. The lowest BCUT2D eigenvalue weighted by Gasteiger charge is -2.11. The van der Waals surface area contributed by atoms with Crippen LogP contribution in [-0.2, 0) is 14.3 Å². The van der Waals surface area contributed by atoms with E-state index >= 15 is 0 Å². The van der Waals surface area contributed by atoms with Gasteiger partial charge in [0.05, 0.1) is 19.9 Å². The summed E-state index contributed by atoms with van der Waals surface area (Å²) in [6.45, 7) is 0. The number of nitrogens with two attached hydrogens (primary N) is 1. The van der Waals surface area contributed by atoms with Crippen molar-refractivity contribution in [2.45, 2.75) is 12.5 Å². The van der Waals surface area contributed by atoms with E-state index < -0.39 is 12.0 Å². The molecule has 8 nitrogen and oxygen atoms in total. The highest BCUT2D eigenvalue weighted by atomic mass is 16.5. The van der Waals surface area contributed by atoms with Crippen LogP contribution in [0.4, 0.5) is 5.82 Å². The number of hydrogen-bond acceptors (Lipinski definition) is 6. The lowest BCUT2D eigenvalue weighted by Crippen LogP contribution is -2.27. The van der Waals surface area contributed by atoms with Crippen molar-refractivity contribution < 1.29 is 19.1 Å². The van der Waals surface area contributed by atoms with E-state index in [4.69, 9.17) is 5.73 Å². The topological polar surface area (TPSA) is 108 Å². The number of anilines is 1. The minimum atomic E-state index is -0.742. The third kappa shape index (κ3) is 1.62. The van der Waals surface area contributed by atoms with E-state index in [0.717, 1.165) is 4.90 Å². The van der Waals surface area contributed by atoms with Crippen LogP contribution < -0.4 is 5.73 Å². The summed E-state index contributed by atoms with van der Waals surface area (Å²) < 4.78 is 5.82. The number of imide groups is 1. The fraction of sp³-hybridized carbons (Fsp3) is 0.400. The minimum absolute atomic E-state index is 0.0104. The molecule has 96 valence electrons.